The van der Waals surface area contributed by atoms with Crippen LogP contribution in [0.15, 0.2) is 12.1 Å². The molecule has 0 spiro atoms. The zero-order valence-corrected chi connectivity index (χ0v) is 14.2. The van der Waals surface area contributed by atoms with Gasteiger partial charge in [0, 0.05) is 11.8 Å². The normalized spacial score (nSPS) is 14.2. The number of ether oxygens (including phenoxy) is 1. The Balaban J connectivity index is 3.56. The van der Waals surface area contributed by atoms with E-state index in [1.165, 1.54) is 6.26 Å². The maximum Gasteiger partial charge on any atom is 0.154 e. The predicted octanol–water partition coefficient (Wildman–Crippen LogP) is 2.40. The molecule has 0 saturated carbocycles. The van der Waals surface area contributed by atoms with Gasteiger partial charge in [0.15, 0.2) is 9.84 Å². The second-order valence-electron chi connectivity index (χ2n) is 5.80. The van der Waals surface area contributed by atoms with Crippen LogP contribution >= 0.6 is 0 Å². The number of rotatable bonds is 5. The summed E-state index contributed by atoms with van der Waals surface area (Å²) in [6.45, 7) is 7.45. The monoisotopic (exact) mass is 299 g/mol. The Morgan fingerprint density at radius 3 is 2.20 bits per heavy atom. The maximum atomic E-state index is 12.1. The third kappa shape index (κ3) is 2.99. The molecule has 0 heterocycles. The first kappa shape index (κ1) is 17.0. The Hall–Kier alpha value is -1.07. The van der Waals surface area contributed by atoms with Crippen LogP contribution in [0.2, 0.25) is 0 Å². The van der Waals surface area contributed by atoms with E-state index in [-0.39, 0.29) is 6.04 Å². The van der Waals surface area contributed by atoms with E-state index in [2.05, 4.69) is 5.32 Å². The number of aryl methyl sites for hydroxylation is 2. The van der Waals surface area contributed by atoms with Crippen molar-refractivity contribution in [2.24, 2.45) is 0 Å². The van der Waals surface area contributed by atoms with Gasteiger partial charge in [0.05, 0.1) is 17.9 Å². The van der Waals surface area contributed by atoms with Crippen LogP contribution < -0.4 is 10.1 Å². The molecule has 0 saturated heterocycles. The summed E-state index contributed by atoms with van der Waals surface area (Å²) in [4.78, 5) is 0. The fourth-order valence-corrected chi connectivity index (χ4v) is 3.20. The van der Waals surface area contributed by atoms with Crippen LogP contribution in [-0.2, 0) is 9.84 Å². The van der Waals surface area contributed by atoms with Gasteiger partial charge in [0.25, 0.3) is 0 Å². The van der Waals surface area contributed by atoms with Crippen molar-refractivity contribution in [1.29, 1.82) is 0 Å². The van der Waals surface area contributed by atoms with Crippen LogP contribution in [-0.4, -0.2) is 33.6 Å². The maximum absolute atomic E-state index is 12.1. The molecule has 0 radical (unpaired) electrons. The standard InChI is InChI=1S/C15H25NO3S/c1-10-8-11(2)13(12(9-10)19-6)14(16-5)15(3,4)20(7,17)18/h8-9,14,16H,1-7H3. The molecule has 0 aromatic heterocycles. The van der Waals surface area contributed by atoms with Gasteiger partial charge in [-0.1, -0.05) is 6.07 Å². The van der Waals surface area contributed by atoms with Gasteiger partial charge in [-0.2, -0.15) is 0 Å². The van der Waals surface area contributed by atoms with Crippen LogP contribution in [0.1, 0.15) is 36.6 Å². The Kier molecular flexibility index (Phi) is 4.87. The first-order chi connectivity index (χ1) is 9.06. The highest BCUT2D eigenvalue weighted by molar-refractivity contribution is 7.92. The van der Waals surface area contributed by atoms with Gasteiger partial charge in [0.1, 0.15) is 5.75 Å². The first-order valence-corrected chi connectivity index (χ1v) is 8.47. The molecule has 0 aliphatic heterocycles. The zero-order chi connectivity index (χ0) is 15.7. The quantitative estimate of drug-likeness (QED) is 0.907. The topological polar surface area (TPSA) is 55.4 Å². The summed E-state index contributed by atoms with van der Waals surface area (Å²) in [5.41, 5.74) is 3.02. The molecule has 0 fully saturated rings. The average Bonchev–Trinajstić information content (AvgIpc) is 2.30. The van der Waals surface area contributed by atoms with Crippen molar-refractivity contribution in [3.63, 3.8) is 0 Å². The summed E-state index contributed by atoms with van der Waals surface area (Å²) in [5, 5.41) is 3.14. The van der Waals surface area contributed by atoms with Crippen molar-refractivity contribution in [3.05, 3.63) is 28.8 Å². The minimum absolute atomic E-state index is 0.340. The van der Waals surface area contributed by atoms with Gasteiger partial charge in [0.2, 0.25) is 0 Å². The van der Waals surface area contributed by atoms with Crippen LogP contribution in [0.25, 0.3) is 0 Å². The fraction of sp³-hybridized carbons (Fsp3) is 0.600. The molecule has 1 N–H and O–H groups in total. The van der Waals surface area contributed by atoms with Crippen LogP contribution in [0.4, 0.5) is 0 Å². The summed E-state index contributed by atoms with van der Waals surface area (Å²) in [6.07, 6.45) is 1.27. The second-order valence-corrected chi connectivity index (χ2v) is 8.39. The molecule has 0 aliphatic carbocycles. The number of hydrogen-bond donors (Lipinski definition) is 1. The predicted molar refractivity (Wildman–Crippen MR) is 83.2 cm³/mol. The minimum Gasteiger partial charge on any atom is -0.496 e. The van der Waals surface area contributed by atoms with Gasteiger partial charge in [-0.25, -0.2) is 8.42 Å². The number of hydrogen-bond acceptors (Lipinski definition) is 4. The van der Waals surface area contributed by atoms with Crippen molar-refractivity contribution in [2.75, 3.05) is 20.4 Å². The van der Waals surface area contributed by atoms with E-state index in [9.17, 15) is 8.42 Å². The van der Waals surface area contributed by atoms with Crippen molar-refractivity contribution < 1.29 is 13.2 Å². The molecule has 1 atom stereocenters. The van der Waals surface area contributed by atoms with Gasteiger partial charge in [-0.05, 0) is 51.9 Å². The Morgan fingerprint density at radius 1 is 1.25 bits per heavy atom. The fourth-order valence-electron chi connectivity index (χ4n) is 2.53. The van der Waals surface area contributed by atoms with Crippen molar-refractivity contribution >= 4 is 9.84 Å². The summed E-state index contributed by atoms with van der Waals surface area (Å²) in [6, 6.07) is 3.64. The number of sulfone groups is 1. The van der Waals surface area contributed by atoms with E-state index in [0.29, 0.717) is 0 Å². The highest BCUT2D eigenvalue weighted by Gasteiger charge is 2.41. The lowest BCUT2D eigenvalue weighted by atomic mass is 9.90. The summed E-state index contributed by atoms with van der Waals surface area (Å²) >= 11 is 0. The highest BCUT2D eigenvalue weighted by Crippen LogP contribution is 2.39. The van der Waals surface area contributed by atoms with Crippen molar-refractivity contribution in [1.82, 2.24) is 5.32 Å². The lowest BCUT2D eigenvalue weighted by Gasteiger charge is -2.34. The molecule has 1 unspecified atom stereocenters. The minimum atomic E-state index is -3.23. The highest BCUT2D eigenvalue weighted by atomic mass is 32.2. The summed E-state index contributed by atoms with van der Waals surface area (Å²) in [5.74, 6) is 0.721. The van der Waals surface area contributed by atoms with Crippen molar-refractivity contribution in [2.45, 2.75) is 38.5 Å². The molecule has 1 aromatic rings. The van der Waals surface area contributed by atoms with Gasteiger partial charge in [-0.15, -0.1) is 0 Å². The summed E-state index contributed by atoms with van der Waals surface area (Å²) < 4.78 is 28.8. The molecule has 20 heavy (non-hydrogen) atoms. The zero-order valence-electron chi connectivity index (χ0n) is 13.4. The molecule has 0 bridgehead atoms. The average molecular weight is 299 g/mol. The number of benzene rings is 1. The Labute approximate surface area is 122 Å². The summed E-state index contributed by atoms with van der Waals surface area (Å²) in [7, 11) is 0.151. The van der Waals surface area contributed by atoms with E-state index in [1.807, 2.05) is 26.0 Å². The molecule has 4 nitrogen and oxygen atoms in total. The molecular weight excluding hydrogens is 274 g/mol. The van der Waals surface area contributed by atoms with Crippen LogP contribution in [0.3, 0.4) is 0 Å². The van der Waals surface area contributed by atoms with Gasteiger partial charge < -0.3 is 10.1 Å². The molecular formula is C15H25NO3S. The molecule has 5 heteroatoms. The van der Waals surface area contributed by atoms with E-state index in [4.69, 9.17) is 4.74 Å². The van der Waals surface area contributed by atoms with E-state index < -0.39 is 14.6 Å². The molecule has 1 rings (SSSR count). The Morgan fingerprint density at radius 2 is 1.80 bits per heavy atom. The number of nitrogens with one attached hydrogen (secondary N) is 1. The third-order valence-electron chi connectivity index (χ3n) is 3.94. The molecule has 114 valence electrons. The van der Waals surface area contributed by atoms with Gasteiger partial charge >= 0.3 is 0 Å². The van der Waals surface area contributed by atoms with Gasteiger partial charge in [-0.3, -0.25) is 0 Å². The SMILES string of the molecule is CNC(c1c(C)cc(C)cc1OC)C(C)(C)S(C)(=O)=O. The van der Waals surface area contributed by atoms with Crippen molar-refractivity contribution in [3.8, 4) is 5.75 Å². The smallest absolute Gasteiger partial charge is 0.154 e. The second kappa shape index (κ2) is 5.74. The van der Waals surface area contributed by atoms with E-state index in [0.717, 1.165) is 22.4 Å². The third-order valence-corrected chi connectivity index (χ3v) is 6.09. The molecule has 1 aromatic carbocycles. The lowest BCUT2D eigenvalue weighted by Crippen LogP contribution is -2.44. The molecule has 0 amide bonds. The van der Waals surface area contributed by atoms with Crippen LogP contribution in [0.5, 0.6) is 5.75 Å². The largest absolute Gasteiger partial charge is 0.496 e. The first-order valence-electron chi connectivity index (χ1n) is 6.58. The Bertz CT molecular complexity index is 591. The van der Waals surface area contributed by atoms with E-state index in [1.54, 1.807) is 28.0 Å². The number of methoxy groups -OCH3 is 1. The lowest BCUT2D eigenvalue weighted by molar-refractivity contribution is 0.384. The molecule has 0 aliphatic rings. The van der Waals surface area contributed by atoms with E-state index >= 15 is 0 Å². The van der Waals surface area contributed by atoms with Crippen LogP contribution in [0, 0.1) is 13.8 Å².